The summed E-state index contributed by atoms with van der Waals surface area (Å²) in [7, 11) is 0. The molecule has 1 N–H and O–H groups in total. The van der Waals surface area contributed by atoms with Crippen LogP contribution in [-0.2, 0) is 25.6 Å². The van der Waals surface area contributed by atoms with Crippen molar-refractivity contribution >= 4 is 29.2 Å². The maximum atomic E-state index is 12.2. The third kappa shape index (κ3) is 3.74. The predicted octanol–water partition coefficient (Wildman–Crippen LogP) is 3.20. The monoisotopic (exact) mass is 352 g/mol. The second kappa shape index (κ2) is 7.39. The topological polar surface area (TPSA) is 75.7 Å². The van der Waals surface area contributed by atoms with Gasteiger partial charge in [-0.15, -0.1) is 5.06 Å². The number of imide groups is 1. The molecule has 0 spiro atoms. The van der Waals surface area contributed by atoms with E-state index in [4.69, 9.17) is 4.84 Å². The minimum Gasteiger partial charge on any atom is -0.355 e. The summed E-state index contributed by atoms with van der Waals surface area (Å²) in [6.45, 7) is 4.06. The number of hydrogen-bond donors (Lipinski definition) is 1. The van der Waals surface area contributed by atoms with E-state index in [2.05, 4.69) is 5.32 Å². The molecule has 1 fully saturated rings. The molecular weight excluding hydrogens is 332 g/mol. The molecule has 1 saturated heterocycles. The molecule has 1 aliphatic rings. The summed E-state index contributed by atoms with van der Waals surface area (Å²) in [4.78, 5) is 40.3. The number of carbonyl (C=O) groups is 3. The van der Waals surface area contributed by atoms with Crippen molar-refractivity contribution in [3.63, 3.8) is 0 Å². The summed E-state index contributed by atoms with van der Waals surface area (Å²) in [5, 5.41) is 3.92. The Morgan fingerprint density at radius 1 is 1.00 bits per heavy atom. The van der Waals surface area contributed by atoms with Gasteiger partial charge in [-0.3, -0.25) is 9.59 Å². The number of aryl methyl sites for hydroxylation is 1. The summed E-state index contributed by atoms with van der Waals surface area (Å²) >= 11 is 0. The number of para-hydroxylation sites is 1. The van der Waals surface area contributed by atoms with Gasteiger partial charge in [-0.2, -0.15) is 0 Å². The zero-order valence-corrected chi connectivity index (χ0v) is 14.7. The summed E-state index contributed by atoms with van der Waals surface area (Å²) in [6.07, 6.45) is 0.110. The van der Waals surface area contributed by atoms with E-state index in [0.29, 0.717) is 5.06 Å². The molecule has 6 nitrogen and oxygen atoms in total. The van der Waals surface area contributed by atoms with Gasteiger partial charge in [0.25, 0.3) is 11.8 Å². The van der Waals surface area contributed by atoms with Gasteiger partial charge < -0.3 is 10.2 Å². The maximum Gasteiger partial charge on any atom is 0.337 e. The Labute approximate surface area is 151 Å². The molecule has 6 heteroatoms. The Morgan fingerprint density at radius 3 is 2.38 bits per heavy atom. The Hall–Kier alpha value is -3.15. The SMILES string of the molecule is Cc1cccc(Nc2ccccc2CC(=O)ON2C(=O)CCC2=O)c1C. The molecule has 2 aromatic carbocycles. The van der Waals surface area contributed by atoms with Gasteiger partial charge in [0.1, 0.15) is 0 Å². The number of nitrogens with zero attached hydrogens (tertiary/aromatic N) is 1. The van der Waals surface area contributed by atoms with Crippen molar-refractivity contribution in [3.05, 3.63) is 59.2 Å². The minimum atomic E-state index is -0.649. The molecule has 0 aromatic heterocycles. The molecule has 2 amide bonds. The highest BCUT2D eigenvalue weighted by molar-refractivity contribution is 6.01. The number of hydroxylamine groups is 2. The third-order valence-corrected chi connectivity index (χ3v) is 4.42. The lowest BCUT2D eigenvalue weighted by molar-refractivity contribution is -0.197. The Bertz CT molecular complexity index is 860. The predicted molar refractivity (Wildman–Crippen MR) is 96.5 cm³/mol. The minimum absolute atomic E-state index is 0.0505. The van der Waals surface area contributed by atoms with Crippen LogP contribution >= 0.6 is 0 Å². The highest BCUT2D eigenvalue weighted by Crippen LogP contribution is 2.26. The molecule has 2 aromatic rings. The lowest BCUT2D eigenvalue weighted by Crippen LogP contribution is -2.32. The van der Waals surface area contributed by atoms with Crippen molar-refractivity contribution in [1.29, 1.82) is 0 Å². The van der Waals surface area contributed by atoms with Crippen LogP contribution in [0.25, 0.3) is 0 Å². The molecule has 0 atom stereocenters. The van der Waals surface area contributed by atoms with E-state index in [1.54, 1.807) is 0 Å². The van der Waals surface area contributed by atoms with Gasteiger partial charge in [0.2, 0.25) is 0 Å². The van der Waals surface area contributed by atoms with E-state index in [0.717, 1.165) is 28.1 Å². The first-order valence-electron chi connectivity index (χ1n) is 8.43. The Kier molecular flexibility index (Phi) is 5.02. The Morgan fingerprint density at radius 2 is 1.65 bits per heavy atom. The number of amides is 2. The molecular formula is C20H20N2O4. The number of rotatable bonds is 5. The average Bonchev–Trinajstić information content (AvgIpc) is 2.92. The van der Waals surface area contributed by atoms with E-state index >= 15 is 0 Å². The molecule has 0 unspecified atom stereocenters. The molecule has 1 heterocycles. The van der Waals surface area contributed by atoms with Crippen molar-refractivity contribution in [2.24, 2.45) is 0 Å². The van der Waals surface area contributed by atoms with Gasteiger partial charge in [0, 0.05) is 24.2 Å². The van der Waals surface area contributed by atoms with E-state index in [1.807, 2.05) is 56.3 Å². The van der Waals surface area contributed by atoms with Crippen LogP contribution in [0.2, 0.25) is 0 Å². The molecule has 0 bridgehead atoms. The van der Waals surface area contributed by atoms with Crippen LogP contribution in [0, 0.1) is 13.8 Å². The van der Waals surface area contributed by atoms with Crippen LogP contribution < -0.4 is 5.32 Å². The van der Waals surface area contributed by atoms with Gasteiger partial charge >= 0.3 is 5.97 Å². The summed E-state index contributed by atoms with van der Waals surface area (Å²) in [5.41, 5.74) is 4.74. The summed E-state index contributed by atoms with van der Waals surface area (Å²) < 4.78 is 0. The second-order valence-electron chi connectivity index (χ2n) is 6.25. The standard InChI is InChI=1S/C20H20N2O4/c1-13-6-5-9-16(14(13)2)21-17-8-4-3-7-15(17)12-20(25)26-22-18(23)10-11-19(22)24/h3-9,21H,10-12H2,1-2H3. The zero-order chi connectivity index (χ0) is 18.7. The van der Waals surface area contributed by atoms with Crippen molar-refractivity contribution in [1.82, 2.24) is 5.06 Å². The first-order chi connectivity index (χ1) is 12.5. The fourth-order valence-electron chi connectivity index (χ4n) is 2.78. The second-order valence-corrected chi connectivity index (χ2v) is 6.25. The van der Waals surface area contributed by atoms with Crippen LogP contribution in [0.5, 0.6) is 0 Å². The number of carbonyl (C=O) groups excluding carboxylic acids is 3. The first-order valence-corrected chi connectivity index (χ1v) is 8.43. The molecule has 26 heavy (non-hydrogen) atoms. The van der Waals surface area contributed by atoms with Crippen LogP contribution in [0.15, 0.2) is 42.5 Å². The van der Waals surface area contributed by atoms with E-state index in [9.17, 15) is 14.4 Å². The van der Waals surface area contributed by atoms with E-state index < -0.39 is 17.8 Å². The van der Waals surface area contributed by atoms with Crippen molar-refractivity contribution in [2.45, 2.75) is 33.1 Å². The quantitative estimate of drug-likeness (QED) is 0.837. The van der Waals surface area contributed by atoms with E-state index in [-0.39, 0.29) is 19.3 Å². The smallest absolute Gasteiger partial charge is 0.337 e. The van der Waals surface area contributed by atoms with Crippen molar-refractivity contribution in [2.75, 3.05) is 5.32 Å². The van der Waals surface area contributed by atoms with Crippen molar-refractivity contribution < 1.29 is 19.2 Å². The van der Waals surface area contributed by atoms with Crippen LogP contribution in [0.3, 0.4) is 0 Å². The highest BCUT2D eigenvalue weighted by atomic mass is 16.7. The average molecular weight is 352 g/mol. The lowest BCUT2D eigenvalue weighted by Gasteiger charge is -2.16. The number of nitrogens with one attached hydrogen (secondary N) is 1. The molecule has 3 rings (SSSR count). The molecule has 0 aliphatic carbocycles. The van der Waals surface area contributed by atoms with Crippen LogP contribution in [0.1, 0.15) is 29.5 Å². The van der Waals surface area contributed by atoms with Crippen molar-refractivity contribution in [3.8, 4) is 0 Å². The number of hydrogen-bond acceptors (Lipinski definition) is 5. The normalized spacial score (nSPS) is 13.8. The summed E-state index contributed by atoms with van der Waals surface area (Å²) in [5.74, 6) is -1.61. The molecule has 134 valence electrons. The molecule has 0 radical (unpaired) electrons. The first kappa shape index (κ1) is 17.7. The third-order valence-electron chi connectivity index (χ3n) is 4.42. The fourth-order valence-corrected chi connectivity index (χ4v) is 2.78. The van der Waals surface area contributed by atoms with Crippen LogP contribution in [0.4, 0.5) is 11.4 Å². The van der Waals surface area contributed by atoms with Crippen LogP contribution in [-0.4, -0.2) is 22.8 Å². The van der Waals surface area contributed by atoms with Gasteiger partial charge in [-0.05, 0) is 42.7 Å². The van der Waals surface area contributed by atoms with E-state index in [1.165, 1.54) is 0 Å². The van der Waals surface area contributed by atoms with Gasteiger partial charge in [0.15, 0.2) is 0 Å². The van der Waals surface area contributed by atoms with Gasteiger partial charge in [-0.1, -0.05) is 30.3 Å². The Balaban J connectivity index is 1.75. The lowest BCUT2D eigenvalue weighted by atomic mass is 10.1. The summed E-state index contributed by atoms with van der Waals surface area (Å²) in [6, 6.07) is 13.3. The largest absolute Gasteiger partial charge is 0.355 e. The number of benzene rings is 2. The van der Waals surface area contributed by atoms with Gasteiger partial charge in [-0.25, -0.2) is 4.79 Å². The highest BCUT2D eigenvalue weighted by Gasteiger charge is 2.32. The fraction of sp³-hybridized carbons (Fsp3) is 0.250. The maximum absolute atomic E-state index is 12.2. The molecule has 1 aliphatic heterocycles. The molecule has 0 saturated carbocycles. The zero-order valence-electron chi connectivity index (χ0n) is 14.7. The number of anilines is 2. The van der Waals surface area contributed by atoms with Gasteiger partial charge in [0.05, 0.1) is 6.42 Å².